The number of ether oxygens (including phenoxy) is 1. The first-order valence-corrected chi connectivity index (χ1v) is 6.97. The maximum absolute atomic E-state index is 10.5. The minimum atomic E-state index is -0.634. The first-order chi connectivity index (χ1) is 9.52. The lowest BCUT2D eigenvalue weighted by Gasteiger charge is -2.19. The Hall–Kier alpha value is -1.51. The Kier molecular flexibility index (Phi) is 4.69. The number of halogens is 1. The Bertz CT molecular complexity index is 608. The first-order valence-electron chi connectivity index (χ1n) is 6.59. The molecule has 0 fully saturated rings. The Morgan fingerprint density at radius 2 is 1.90 bits per heavy atom. The zero-order valence-corrected chi connectivity index (χ0v) is 12.7. The van der Waals surface area contributed by atoms with Gasteiger partial charge in [0.25, 0.3) is 0 Å². The number of aliphatic hydroxyl groups excluding tert-OH is 1. The predicted molar refractivity (Wildman–Crippen MR) is 82.6 cm³/mol. The molecule has 0 aliphatic carbocycles. The van der Waals surface area contributed by atoms with Crippen LogP contribution in [0.25, 0.3) is 0 Å². The summed E-state index contributed by atoms with van der Waals surface area (Å²) < 4.78 is 5.40. The van der Waals surface area contributed by atoms with Crippen LogP contribution in [0.3, 0.4) is 0 Å². The van der Waals surface area contributed by atoms with Crippen molar-refractivity contribution >= 4 is 11.6 Å². The highest BCUT2D eigenvalue weighted by molar-refractivity contribution is 6.31. The summed E-state index contributed by atoms with van der Waals surface area (Å²) in [6, 6.07) is 11.6. The average molecular weight is 291 g/mol. The van der Waals surface area contributed by atoms with Gasteiger partial charge in [0.05, 0.1) is 13.2 Å². The highest BCUT2D eigenvalue weighted by atomic mass is 35.5. The van der Waals surface area contributed by atoms with E-state index >= 15 is 0 Å². The van der Waals surface area contributed by atoms with Gasteiger partial charge < -0.3 is 9.84 Å². The third kappa shape index (κ3) is 3.14. The van der Waals surface area contributed by atoms with E-state index in [-0.39, 0.29) is 0 Å². The predicted octanol–water partition coefficient (Wildman–Crippen LogP) is 4.24. The van der Waals surface area contributed by atoms with Crippen molar-refractivity contribution in [2.75, 3.05) is 7.11 Å². The van der Waals surface area contributed by atoms with Crippen molar-refractivity contribution in [3.63, 3.8) is 0 Å². The van der Waals surface area contributed by atoms with Crippen molar-refractivity contribution in [2.45, 2.75) is 26.4 Å². The van der Waals surface area contributed by atoms with Crippen molar-refractivity contribution in [3.05, 3.63) is 63.7 Å². The molecule has 2 nitrogen and oxygen atoms in total. The van der Waals surface area contributed by atoms with Gasteiger partial charge >= 0.3 is 0 Å². The standard InChI is InChI=1S/C17H19ClO2/c1-11-8-12(2)17(16(9-11)20-3)15(19)10-13-6-4-5-7-14(13)18/h4-9,15,19H,10H2,1-3H3. The molecule has 106 valence electrons. The molecule has 1 unspecified atom stereocenters. The molecule has 0 aliphatic heterocycles. The van der Waals surface area contributed by atoms with Crippen LogP contribution >= 0.6 is 11.6 Å². The van der Waals surface area contributed by atoms with Gasteiger partial charge in [0, 0.05) is 17.0 Å². The fourth-order valence-corrected chi connectivity index (χ4v) is 2.72. The maximum Gasteiger partial charge on any atom is 0.125 e. The normalized spacial score (nSPS) is 12.2. The van der Waals surface area contributed by atoms with Crippen LogP contribution in [-0.2, 0) is 6.42 Å². The Morgan fingerprint density at radius 1 is 1.20 bits per heavy atom. The van der Waals surface area contributed by atoms with E-state index in [1.807, 2.05) is 50.2 Å². The Balaban J connectivity index is 2.34. The molecule has 1 N–H and O–H groups in total. The molecule has 0 bridgehead atoms. The number of benzene rings is 2. The Morgan fingerprint density at radius 3 is 2.55 bits per heavy atom. The number of hydrogen-bond acceptors (Lipinski definition) is 2. The molecule has 0 spiro atoms. The summed E-state index contributed by atoms with van der Waals surface area (Å²) in [6.07, 6.45) is -0.162. The van der Waals surface area contributed by atoms with E-state index in [2.05, 4.69) is 0 Å². The zero-order chi connectivity index (χ0) is 14.7. The summed E-state index contributed by atoms with van der Waals surface area (Å²) in [6.45, 7) is 4.00. The lowest BCUT2D eigenvalue weighted by Crippen LogP contribution is -2.07. The molecule has 1 atom stereocenters. The second-order valence-corrected chi connectivity index (χ2v) is 5.42. The van der Waals surface area contributed by atoms with Crippen molar-refractivity contribution in [1.29, 1.82) is 0 Å². The zero-order valence-electron chi connectivity index (χ0n) is 12.0. The van der Waals surface area contributed by atoms with E-state index in [0.717, 1.165) is 28.0 Å². The highest BCUT2D eigenvalue weighted by Crippen LogP contribution is 2.33. The lowest BCUT2D eigenvalue weighted by atomic mass is 9.95. The molecule has 0 saturated carbocycles. The van der Waals surface area contributed by atoms with Gasteiger partial charge in [-0.2, -0.15) is 0 Å². The van der Waals surface area contributed by atoms with Gasteiger partial charge in [0.15, 0.2) is 0 Å². The summed E-state index contributed by atoms with van der Waals surface area (Å²) in [5.41, 5.74) is 3.91. The Labute approximate surface area is 125 Å². The number of aliphatic hydroxyl groups is 1. The number of rotatable bonds is 4. The monoisotopic (exact) mass is 290 g/mol. The van der Waals surface area contributed by atoms with Gasteiger partial charge in [-0.15, -0.1) is 0 Å². The molecule has 2 aromatic carbocycles. The summed E-state index contributed by atoms with van der Waals surface area (Å²) in [5.74, 6) is 0.724. The maximum atomic E-state index is 10.5. The second-order valence-electron chi connectivity index (χ2n) is 5.01. The molecule has 2 aromatic rings. The summed E-state index contributed by atoms with van der Waals surface area (Å²) in [7, 11) is 1.62. The highest BCUT2D eigenvalue weighted by Gasteiger charge is 2.18. The van der Waals surface area contributed by atoms with Gasteiger partial charge in [-0.05, 0) is 42.7 Å². The van der Waals surface area contributed by atoms with E-state index in [1.165, 1.54) is 0 Å². The van der Waals surface area contributed by atoms with Gasteiger partial charge in [-0.25, -0.2) is 0 Å². The molecular formula is C17H19ClO2. The van der Waals surface area contributed by atoms with E-state index in [0.29, 0.717) is 11.4 Å². The molecule has 0 aliphatic rings. The van der Waals surface area contributed by atoms with Gasteiger partial charge in [-0.1, -0.05) is 35.9 Å². The first kappa shape index (κ1) is 14.9. The fourth-order valence-electron chi connectivity index (χ4n) is 2.51. The smallest absolute Gasteiger partial charge is 0.125 e. The SMILES string of the molecule is COc1cc(C)cc(C)c1C(O)Cc1ccccc1Cl. The van der Waals surface area contributed by atoms with Crippen LogP contribution < -0.4 is 4.74 Å². The number of hydrogen-bond donors (Lipinski definition) is 1. The molecule has 3 heteroatoms. The van der Waals surface area contributed by atoms with Crippen LogP contribution in [0.4, 0.5) is 0 Å². The van der Waals surface area contributed by atoms with Gasteiger partial charge in [0.1, 0.15) is 5.75 Å². The van der Waals surface area contributed by atoms with Crippen LogP contribution in [0.2, 0.25) is 5.02 Å². The van der Waals surface area contributed by atoms with Gasteiger partial charge in [-0.3, -0.25) is 0 Å². The van der Waals surface area contributed by atoms with Crippen LogP contribution in [0.5, 0.6) is 5.75 Å². The molecule has 20 heavy (non-hydrogen) atoms. The van der Waals surface area contributed by atoms with Gasteiger partial charge in [0.2, 0.25) is 0 Å². The van der Waals surface area contributed by atoms with Crippen LogP contribution in [-0.4, -0.2) is 12.2 Å². The molecule has 2 rings (SSSR count). The van der Waals surface area contributed by atoms with E-state index in [9.17, 15) is 5.11 Å². The van der Waals surface area contributed by atoms with Crippen molar-refractivity contribution < 1.29 is 9.84 Å². The topological polar surface area (TPSA) is 29.5 Å². The lowest BCUT2D eigenvalue weighted by molar-refractivity contribution is 0.173. The van der Waals surface area contributed by atoms with E-state index < -0.39 is 6.10 Å². The van der Waals surface area contributed by atoms with Crippen molar-refractivity contribution in [3.8, 4) is 5.75 Å². The largest absolute Gasteiger partial charge is 0.496 e. The molecule has 0 radical (unpaired) electrons. The molecule has 0 amide bonds. The summed E-state index contributed by atoms with van der Waals surface area (Å²) >= 11 is 6.15. The third-order valence-corrected chi connectivity index (χ3v) is 3.79. The van der Waals surface area contributed by atoms with Crippen molar-refractivity contribution in [2.24, 2.45) is 0 Å². The van der Waals surface area contributed by atoms with Crippen LogP contribution in [0.1, 0.15) is 28.4 Å². The number of methoxy groups -OCH3 is 1. The molecule has 0 aromatic heterocycles. The number of aryl methyl sites for hydroxylation is 2. The minimum Gasteiger partial charge on any atom is -0.496 e. The van der Waals surface area contributed by atoms with E-state index in [4.69, 9.17) is 16.3 Å². The average Bonchev–Trinajstić information content (AvgIpc) is 2.40. The molecular weight excluding hydrogens is 272 g/mol. The van der Waals surface area contributed by atoms with Crippen molar-refractivity contribution in [1.82, 2.24) is 0 Å². The minimum absolute atomic E-state index is 0.472. The summed E-state index contributed by atoms with van der Waals surface area (Å²) in [4.78, 5) is 0. The fraction of sp³-hybridized carbons (Fsp3) is 0.294. The third-order valence-electron chi connectivity index (χ3n) is 3.42. The second kappa shape index (κ2) is 6.29. The molecule has 0 heterocycles. The van der Waals surface area contributed by atoms with Crippen LogP contribution in [0.15, 0.2) is 36.4 Å². The molecule has 0 saturated heterocycles. The van der Waals surface area contributed by atoms with Crippen LogP contribution in [0, 0.1) is 13.8 Å². The van der Waals surface area contributed by atoms with E-state index in [1.54, 1.807) is 7.11 Å². The summed E-state index contributed by atoms with van der Waals surface area (Å²) in [5, 5.41) is 11.2. The quantitative estimate of drug-likeness (QED) is 0.912.